The summed E-state index contributed by atoms with van der Waals surface area (Å²) in [6, 6.07) is 3.36. The zero-order valence-corrected chi connectivity index (χ0v) is 14.5. The van der Waals surface area contributed by atoms with Gasteiger partial charge in [-0.05, 0) is 12.1 Å². The fraction of sp³-hybridized carbons (Fsp3) is 0.294. The fourth-order valence-corrected chi connectivity index (χ4v) is 2.97. The SMILES string of the molecule is COc1ccc(C(=O)Cc2c(Cl)cncc2Cl)c2c1OCCCO2. The van der Waals surface area contributed by atoms with Crippen LogP contribution >= 0.6 is 23.2 Å². The third-order valence-corrected chi connectivity index (χ3v) is 4.32. The summed E-state index contributed by atoms with van der Waals surface area (Å²) in [5, 5.41) is 0.709. The summed E-state index contributed by atoms with van der Waals surface area (Å²) in [6.45, 7) is 0.972. The molecule has 0 spiro atoms. The van der Waals surface area contributed by atoms with Crippen LogP contribution in [0.15, 0.2) is 24.5 Å². The van der Waals surface area contributed by atoms with Crippen LogP contribution < -0.4 is 14.2 Å². The van der Waals surface area contributed by atoms with E-state index in [1.165, 1.54) is 12.4 Å². The zero-order valence-electron chi connectivity index (χ0n) is 13.0. The van der Waals surface area contributed by atoms with Gasteiger partial charge >= 0.3 is 0 Å². The van der Waals surface area contributed by atoms with Crippen molar-refractivity contribution in [2.75, 3.05) is 20.3 Å². The number of rotatable bonds is 4. The second kappa shape index (κ2) is 7.28. The van der Waals surface area contributed by atoms with Crippen LogP contribution in [0.25, 0.3) is 0 Å². The minimum absolute atomic E-state index is 0.0440. The molecule has 0 atom stereocenters. The number of hydrogen-bond donors (Lipinski definition) is 0. The van der Waals surface area contributed by atoms with E-state index >= 15 is 0 Å². The van der Waals surface area contributed by atoms with E-state index in [2.05, 4.69) is 4.98 Å². The molecule has 0 unspecified atom stereocenters. The molecule has 1 aliphatic rings. The van der Waals surface area contributed by atoms with Crippen molar-refractivity contribution in [2.45, 2.75) is 12.8 Å². The molecule has 2 aromatic rings. The molecule has 1 aromatic heterocycles. The first-order chi connectivity index (χ1) is 11.6. The number of methoxy groups -OCH3 is 1. The molecule has 0 aliphatic carbocycles. The maximum absolute atomic E-state index is 12.8. The topological polar surface area (TPSA) is 57.7 Å². The van der Waals surface area contributed by atoms with Crippen molar-refractivity contribution < 1.29 is 19.0 Å². The number of aromatic nitrogens is 1. The van der Waals surface area contributed by atoms with Gasteiger partial charge in [0.2, 0.25) is 5.75 Å². The summed E-state index contributed by atoms with van der Waals surface area (Å²) in [6.07, 6.45) is 3.70. The van der Waals surface area contributed by atoms with Crippen molar-refractivity contribution in [3.8, 4) is 17.2 Å². The summed E-state index contributed by atoms with van der Waals surface area (Å²) in [5.41, 5.74) is 0.953. The Labute approximate surface area is 149 Å². The van der Waals surface area contributed by atoms with Crippen LogP contribution in [-0.4, -0.2) is 31.1 Å². The molecule has 0 amide bonds. The second-order valence-electron chi connectivity index (χ2n) is 5.21. The first-order valence-electron chi connectivity index (χ1n) is 7.39. The minimum Gasteiger partial charge on any atom is -0.493 e. The molecule has 0 radical (unpaired) electrons. The highest BCUT2D eigenvalue weighted by Crippen LogP contribution is 2.42. The Morgan fingerprint density at radius 2 is 1.83 bits per heavy atom. The van der Waals surface area contributed by atoms with Crippen molar-refractivity contribution in [2.24, 2.45) is 0 Å². The zero-order chi connectivity index (χ0) is 17.1. The van der Waals surface area contributed by atoms with Crippen molar-refractivity contribution in [3.05, 3.63) is 45.7 Å². The van der Waals surface area contributed by atoms with E-state index in [0.29, 0.717) is 51.6 Å². The Kier molecular flexibility index (Phi) is 5.11. The quantitative estimate of drug-likeness (QED) is 0.764. The van der Waals surface area contributed by atoms with Crippen molar-refractivity contribution in [1.82, 2.24) is 4.98 Å². The van der Waals surface area contributed by atoms with Gasteiger partial charge in [0.15, 0.2) is 17.3 Å². The van der Waals surface area contributed by atoms with Crippen LogP contribution in [0.3, 0.4) is 0 Å². The number of benzene rings is 1. The Bertz CT molecular complexity index is 759. The number of ether oxygens (including phenoxy) is 3. The number of carbonyl (C=O) groups excluding carboxylic acids is 1. The molecule has 0 N–H and O–H groups in total. The molecular formula is C17H15Cl2NO4. The third-order valence-electron chi connectivity index (χ3n) is 3.67. The summed E-state index contributed by atoms with van der Waals surface area (Å²) < 4.78 is 16.7. The van der Waals surface area contributed by atoms with E-state index < -0.39 is 0 Å². The lowest BCUT2D eigenvalue weighted by atomic mass is 10.0. The second-order valence-corrected chi connectivity index (χ2v) is 6.02. The van der Waals surface area contributed by atoms with Gasteiger partial charge in [0, 0.05) is 30.8 Å². The van der Waals surface area contributed by atoms with Crippen LogP contribution in [0.5, 0.6) is 17.2 Å². The molecular weight excluding hydrogens is 353 g/mol. The van der Waals surface area contributed by atoms with E-state index in [-0.39, 0.29) is 12.2 Å². The molecule has 2 heterocycles. The predicted molar refractivity (Wildman–Crippen MR) is 90.9 cm³/mol. The summed E-state index contributed by atoms with van der Waals surface area (Å²) in [5.74, 6) is 1.21. The van der Waals surface area contributed by atoms with Gasteiger partial charge in [-0.1, -0.05) is 23.2 Å². The van der Waals surface area contributed by atoms with E-state index in [9.17, 15) is 4.79 Å². The van der Waals surface area contributed by atoms with E-state index in [1.54, 1.807) is 19.2 Å². The first-order valence-corrected chi connectivity index (χ1v) is 8.15. The molecule has 0 bridgehead atoms. The molecule has 5 nitrogen and oxygen atoms in total. The third kappa shape index (κ3) is 3.28. The molecule has 3 rings (SSSR count). The van der Waals surface area contributed by atoms with Crippen LogP contribution in [0.4, 0.5) is 0 Å². The van der Waals surface area contributed by atoms with Gasteiger partial charge < -0.3 is 14.2 Å². The number of fused-ring (bicyclic) bond motifs is 1. The number of Topliss-reactive ketones (excluding diaryl/α,β-unsaturated/α-hetero) is 1. The summed E-state index contributed by atoms with van der Waals surface area (Å²) in [4.78, 5) is 16.7. The lowest BCUT2D eigenvalue weighted by Gasteiger charge is -2.15. The number of halogens is 2. The van der Waals surface area contributed by atoms with Gasteiger partial charge in [-0.3, -0.25) is 9.78 Å². The molecule has 1 aliphatic heterocycles. The van der Waals surface area contributed by atoms with Gasteiger partial charge in [0.05, 0.1) is 35.9 Å². The van der Waals surface area contributed by atoms with E-state index in [0.717, 1.165) is 6.42 Å². The van der Waals surface area contributed by atoms with E-state index in [4.69, 9.17) is 37.4 Å². The number of carbonyl (C=O) groups is 1. The van der Waals surface area contributed by atoms with Crippen LogP contribution in [0.2, 0.25) is 10.0 Å². The number of pyridine rings is 1. The lowest BCUT2D eigenvalue weighted by molar-refractivity contribution is 0.0989. The Morgan fingerprint density at radius 1 is 1.17 bits per heavy atom. The highest BCUT2D eigenvalue weighted by molar-refractivity contribution is 6.36. The van der Waals surface area contributed by atoms with Gasteiger partial charge in [0.25, 0.3) is 0 Å². The number of ketones is 1. The monoisotopic (exact) mass is 367 g/mol. The average Bonchev–Trinajstić information content (AvgIpc) is 2.83. The highest BCUT2D eigenvalue weighted by Gasteiger charge is 2.24. The van der Waals surface area contributed by atoms with Crippen LogP contribution in [0, 0.1) is 0 Å². The molecule has 0 fully saturated rings. The maximum Gasteiger partial charge on any atom is 0.204 e. The van der Waals surface area contributed by atoms with Gasteiger partial charge in [0.1, 0.15) is 0 Å². The molecule has 7 heteroatoms. The predicted octanol–water partition coefficient (Wildman–Crippen LogP) is 3.98. The minimum atomic E-state index is -0.172. The smallest absolute Gasteiger partial charge is 0.204 e. The van der Waals surface area contributed by atoms with Crippen molar-refractivity contribution in [1.29, 1.82) is 0 Å². The number of nitrogens with zero attached hydrogens (tertiary/aromatic N) is 1. The Balaban J connectivity index is 1.98. The van der Waals surface area contributed by atoms with Gasteiger partial charge in [-0.15, -0.1) is 0 Å². The summed E-state index contributed by atoms with van der Waals surface area (Å²) >= 11 is 12.2. The van der Waals surface area contributed by atoms with Crippen molar-refractivity contribution >= 4 is 29.0 Å². The standard InChI is InChI=1S/C17H15Cl2NO4/c1-22-15-4-3-10(16-17(15)24-6-2-5-23-16)14(21)7-11-12(18)8-20-9-13(11)19/h3-4,8-9H,2,5-7H2,1H3. The first kappa shape index (κ1) is 16.9. The normalized spacial score (nSPS) is 13.3. The summed E-state index contributed by atoms with van der Waals surface area (Å²) in [7, 11) is 1.54. The van der Waals surface area contributed by atoms with E-state index in [1.807, 2.05) is 0 Å². The maximum atomic E-state index is 12.8. The Morgan fingerprint density at radius 3 is 2.50 bits per heavy atom. The molecule has 0 saturated carbocycles. The lowest BCUT2D eigenvalue weighted by Crippen LogP contribution is -2.08. The van der Waals surface area contributed by atoms with Gasteiger partial charge in [-0.25, -0.2) is 0 Å². The molecule has 24 heavy (non-hydrogen) atoms. The Hall–Kier alpha value is -1.98. The molecule has 1 aromatic carbocycles. The fourth-order valence-electron chi connectivity index (χ4n) is 2.48. The van der Waals surface area contributed by atoms with Gasteiger partial charge in [-0.2, -0.15) is 0 Å². The molecule has 126 valence electrons. The van der Waals surface area contributed by atoms with Crippen molar-refractivity contribution in [3.63, 3.8) is 0 Å². The molecule has 0 saturated heterocycles. The highest BCUT2D eigenvalue weighted by atomic mass is 35.5. The van der Waals surface area contributed by atoms with Crippen LogP contribution in [-0.2, 0) is 6.42 Å². The number of hydrogen-bond acceptors (Lipinski definition) is 5. The average molecular weight is 368 g/mol. The largest absolute Gasteiger partial charge is 0.493 e. The van der Waals surface area contributed by atoms with Crippen LogP contribution in [0.1, 0.15) is 22.3 Å².